The topological polar surface area (TPSA) is 50.2 Å². The normalized spacial score (nSPS) is 20.0. The zero-order valence-corrected chi connectivity index (χ0v) is 15.5. The van der Waals surface area contributed by atoms with Gasteiger partial charge in [0.15, 0.2) is 0 Å². The van der Waals surface area contributed by atoms with E-state index in [0.717, 1.165) is 18.8 Å². The van der Waals surface area contributed by atoms with Gasteiger partial charge < -0.3 is 5.32 Å². The molecule has 0 saturated carbocycles. The zero-order valence-electron chi connectivity index (χ0n) is 15.5. The Kier molecular flexibility index (Phi) is 5.50. The summed E-state index contributed by atoms with van der Waals surface area (Å²) in [7, 11) is 1.83. The van der Waals surface area contributed by atoms with Crippen LogP contribution in [0, 0.1) is 0 Å². The van der Waals surface area contributed by atoms with Gasteiger partial charge in [0.2, 0.25) is 0 Å². The molecular weight excluding hydrogens is 288 g/mol. The fraction of sp³-hybridized carbons (Fsp3) is 0.778. The molecular formula is C18H32N4O. The third-order valence-electron chi connectivity index (χ3n) is 4.71. The van der Waals surface area contributed by atoms with Gasteiger partial charge in [0.1, 0.15) is 5.69 Å². The third-order valence-corrected chi connectivity index (χ3v) is 4.71. The molecule has 0 aromatic carbocycles. The predicted molar refractivity (Wildman–Crippen MR) is 93.7 cm³/mol. The van der Waals surface area contributed by atoms with E-state index < -0.39 is 0 Å². The summed E-state index contributed by atoms with van der Waals surface area (Å²) in [4.78, 5) is 15.1. The van der Waals surface area contributed by atoms with Gasteiger partial charge in [-0.1, -0.05) is 20.3 Å². The second kappa shape index (κ2) is 7.04. The van der Waals surface area contributed by atoms with Crippen LogP contribution in [0.3, 0.4) is 0 Å². The molecule has 1 aromatic heterocycles. The second-order valence-electron chi connectivity index (χ2n) is 7.89. The van der Waals surface area contributed by atoms with E-state index in [1.165, 1.54) is 19.3 Å². The smallest absolute Gasteiger partial charge is 0.270 e. The molecule has 0 aliphatic carbocycles. The Hall–Kier alpha value is -1.36. The largest absolute Gasteiger partial charge is 0.345 e. The van der Waals surface area contributed by atoms with E-state index >= 15 is 0 Å². The van der Waals surface area contributed by atoms with Crippen LogP contribution in [0.1, 0.15) is 76.0 Å². The Morgan fingerprint density at radius 3 is 2.70 bits per heavy atom. The van der Waals surface area contributed by atoms with Crippen LogP contribution in [0.15, 0.2) is 6.07 Å². The molecule has 1 atom stereocenters. The average molecular weight is 320 g/mol. The Morgan fingerprint density at radius 2 is 2.13 bits per heavy atom. The van der Waals surface area contributed by atoms with E-state index in [1.54, 1.807) is 4.68 Å². The molecule has 5 heteroatoms. The molecule has 0 radical (unpaired) electrons. The second-order valence-corrected chi connectivity index (χ2v) is 7.89. The molecule has 2 heterocycles. The molecule has 1 N–H and O–H groups in total. The van der Waals surface area contributed by atoms with Gasteiger partial charge in [0.05, 0.1) is 5.69 Å². The third kappa shape index (κ3) is 4.56. The fourth-order valence-electron chi connectivity index (χ4n) is 3.30. The monoisotopic (exact) mass is 320 g/mol. The maximum Gasteiger partial charge on any atom is 0.270 e. The van der Waals surface area contributed by atoms with Crippen molar-refractivity contribution < 1.29 is 4.79 Å². The summed E-state index contributed by atoms with van der Waals surface area (Å²) in [5.74, 6) is 0.284. The molecule has 23 heavy (non-hydrogen) atoms. The van der Waals surface area contributed by atoms with Crippen molar-refractivity contribution in [2.45, 2.75) is 71.4 Å². The molecule has 1 aromatic rings. The van der Waals surface area contributed by atoms with E-state index in [0.29, 0.717) is 17.7 Å². The predicted octanol–water partition coefficient (Wildman–Crippen LogP) is 2.93. The Balaban J connectivity index is 2.03. The van der Waals surface area contributed by atoms with Gasteiger partial charge in [0.25, 0.3) is 5.91 Å². The number of aromatic nitrogens is 2. The number of piperidine rings is 1. The van der Waals surface area contributed by atoms with Crippen LogP contribution in [0.4, 0.5) is 0 Å². The van der Waals surface area contributed by atoms with Crippen LogP contribution in [-0.2, 0) is 7.05 Å². The van der Waals surface area contributed by atoms with Crippen molar-refractivity contribution >= 4 is 5.91 Å². The van der Waals surface area contributed by atoms with Gasteiger partial charge in [-0.25, -0.2) is 0 Å². The van der Waals surface area contributed by atoms with Crippen molar-refractivity contribution in [2.24, 2.45) is 7.05 Å². The number of nitrogens with one attached hydrogen (secondary N) is 1. The Morgan fingerprint density at radius 1 is 1.43 bits per heavy atom. The van der Waals surface area contributed by atoms with Gasteiger partial charge in [-0.2, -0.15) is 5.10 Å². The summed E-state index contributed by atoms with van der Waals surface area (Å²) < 4.78 is 1.68. The molecule has 1 unspecified atom stereocenters. The zero-order chi connectivity index (χ0) is 17.2. The molecule has 1 aliphatic heterocycles. The summed E-state index contributed by atoms with van der Waals surface area (Å²) in [5, 5.41) is 7.63. The highest BCUT2D eigenvalue weighted by atomic mass is 16.2. The first-order valence-electron chi connectivity index (χ1n) is 8.80. The molecule has 1 aliphatic rings. The number of amides is 1. The molecule has 1 amide bonds. The molecule has 2 rings (SSSR count). The Bertz CT molecular complexity index is 547. The summed E-state index contributed by atoms with van der Waals surface area (Å²) in [6, 6.07) is 2.50. The molecule has 5 nitrogen and oxygen atoms in total. The summed E-state index contributed by atoms with van der Waals surface area (Å²) in [6.45, 7) is 12.7. The van der Waals surface area contributed by atoms with E-state index in [4.69, 9.17) is 0 Å². The highest BCUT2D eigenvalue weighted by Gasteiger charge is 2.29. The number of hydrogen-bond acceptors (Lipinski definition) is 3. The average Bonchev–Trinajstić information content (AvgIpc) is 2.83. The summed E-state index contributed by atoms with van der Waals surface area (Å²) >= 11 is 0. The highest BCUT2D eigenvalue weighted by molar-refractivity contribution is 5.93. The van der Waals surface area contributed by atoms with E-state index in [1.807, 2.05) is 13.1 Å². The van der Waals surface area contributed by atoms with Crippen LogP contribution >= 0.6 is 0 Å². The molecule has 0 bridgehead atoms. The maximum absolute atomic E-state index is 12.6. The first-order valence-corrected chi connectivity index (χ1v) is 8.80. The number of aryl methyl sites for hydroxylation is 1. The van der Waals surface area contributed by atoms with Gasteiger partial charge in [-0.15, -0.1) is 0 Å². The quantitative estimate of drug-likeness (QED) is 0.907. The van der Waals surface area contributed by atoms with Gasteiger partial charge in [-0.3, -0.25) is 14.4 Å². The van der Waals surface area contributed by atoms with Crippen molar-refractivity contribution in [2.75, 3.05) is 13.1 Å². The highest BCUT2D eigenvalue weighted by Crippen LogP contribution is 2.20. The minimum absolute atomic E-state index is 0.0402. The van der Waals surface area contributed by atoms with E-state index in [9.17, 15) is 4.79 Å². The van der Waals surface area contributed by atoms with Crippen molar-refractivity contribution in [1.29, 1.82) is 0 Å². The van der Waals surface area contributed by atoms with Crippen LogP contribution < -0.4 is 5.32 Å². The molecule has 1 fully saturated rings. The fourth-order valence-corrected chi connectivity index (χ4v) is 3.30. The SMILES string of the molecule is CC(C)c1cc(C(=O)NC(C)(C)CN2CCCCC2C)n(C)n1. The van der Waals surface area contributed by atoms with Crippen molar-refractivity contribution in [1.82, 2.24) is 20.0 Å². The van der Waals surface area contributed by atoms with Gasteiger partial charge in [0, 0.05) is 25.2 Å². The van der Waals surface area contributed by atoms with Gasteiger partial charge in [-0.05, 0) is 52.1 Å². The maximum atomic E-state index is 12.6. The lowest BCUT2D eigenvalue weighted by molar-refractivity contribution is 0.0826. The number of carbonyl (C=O) groups excluding carboxylic acids is 1. The van der Waals surface area contributed by atoms with Crippen molar-refractivity contribution in [3.8, 4) is 0 Å². The minimum Gasteiger partial charge on any atom is -0.345 e. The minimum atomic E-state index is -0.259. The van der Waals surface area contributed by atoms with Crippen LogP contribution in [0.25, 0.3) is 0 Å². The summed E-state index contributed by atoms with van der Waals surface area (Å²) in [5.41, 5.74) is 1.33. The van der Waals surface area contributed by atoms with Crippen molar-refractivity contribution in [3.63, 3.8) is 0 Å². The Labute approximate surface area is 140 Å². The number of likely N-dealkylation sites (tertiary alicyclic amines) is 1. The van der Waals surface area contributed by atoms with E-state index in [-0.39, 0.29) is 11.4 Å². The van der Waals surface area contributed by atoms with Crippen LogP contribution in [-0.4, -0.2) is 45.3 Å². The number of nitrogens with zero attached hydrogens (tertiary/aromatic N) is 3. The summed E-state index contributed by atoms with van der Waals surface area (Å²) in [6.07, 6.45) is 3.83. The molecule has 130 valence electrons. The number of carbonyl (C=O) groups is 1. The van der Waals surface area contributed by atoms with Crippen LogP contribution in [0.2, 0.25) is 0 Å². The first-order chi connectivity index (χ1) is 10.7. The molecule has 1 saturated heterocycles. The molecule has 0 spiro atoms. The first kappa shape index (κ1) is 18.0. The van der Waals surface area contributed by atoms with Crippen molar-refractivity contribution in [3.05, 3.63) is 17.5 Å². The van der Waals surface area contributed by atoms with Gasteiger partial charge >= 0.3 is 0 Å². The lowest BCUT2D eigenvalue weighted by Gasteiger charge is -2.39. The standard InChI is InChI=1S/C18H32N4O/c1-13(2)15-11-16(21(6)20-15)17(23)19-18(4,5)12-22-10-8-7-9-14(22)3/h11,13-14H,7-10,12H2,1-6H3,(H,19,23). The lowest BCUT2D eigenvalue weighted by Crippen LogP contribution is -2.54. The number of hydrogen-bond donors (Lipinski definition) is 1. The lowest BCUT2D eigenvalue weighted by atomic mass is 9.98. The number of rotatable bonds is 5. The van der Waals surface area contributed by atoms with Crippen LogP contribution in [0.5, 0.6) is 0 Å². The van der Waals surface area contributed by atoms with E-state index in [2.05, 4.69) is 49.9 Å².